The van der Waals surface area contributed by atoms with Crippen LogP contribution in [0.2, 0.25) is 0 Å². The number of amides is 3. The molecule has 26 heavy (non-hydrogen) atoms. The van der Waals surface area contributed by atoms with Crippen LogP contribution in [0.3, 0.4) is 0 Å². The molecule has 2 aliphatic rings. The third kappa shape index (κ3) is 5.19. The van der Waals surface area contributed by atoms with Crippen LogP contribution in [-0.2, 0) is 9.53 Å². The van der Waals surface area contributed by atoms with E-state index in [-0.39, 0.29) is 18.0 Å². The number of urea groups is 1. The molecule has 1 atom stereocenters. The summed E-state index contributed by atoms with van der Waals surface area (Å²) in [5.41, 5.74) is 2.04. The second-order valence-electron chi connectivity index (χ2n) is 6.95. The smallest absolute Gasteiger partial charge is 0.315 e. The van der Waals surface area contributed by atoms with Gasteiger partial charge >= 0.3 is 6.03 Å². The number of morpholine rings is 1. The summed E-state index contributed by atoms with van der Waals surface area (Å²) in [5.74, 6) is 0.0477. The molecule has 2 N–H and O–H groups in total. The molecule has 0 saturated carbocycles. The summed E-state index contributed by atoms with van der Waals surface area (Å²) in [6, 6.07) is 7.52. The largest absolute Gasteiger partial charge is 0.379 e. The molecule has 142 valence electrons. The molecule has 2 heterocycles. The molecule has 0 bridgehead atoms. The quantitative estimate of drug-likeness (QED) is 0.746. The maximum absolute atomic E-state index is 12.2. The highest BCUT2D eigenvalue weighted by atomic mass is 16.5. The zero-order chi connectivity index (χ0) is 18.4. The molecule has 3 amide bonds. The minimum atomic E-state index is -0.199. The summed E-state index contributed by atoms with van der Waals surface area (Å²) in [4.78, 5) is 28.4. The molecule has 7 heteroatoms. The summed E-state index contributed by atoms with van der Waals surface area (Å²) in [6.07, 6.45) is 1.25. The van der Waals surface area contributed by atoms with Gasteiger partial charge in [-0.1, -0.05) is 17.7 Å². The fraction of sp³-hybridized carbons (Fsp3) is 0.579. The summed E-state index contributed by atoms with van der Waals surface area (Å²) in [5, 5.41) is 5.80. The van der Waals surface area contributed by atoms with Gasteiger partial charge in [-0.2, -0.15) is 0 Å². The van der Waals surface area contributed by atoms with Gasteiger partial charge in [0.2, 0.25) is 5.91 Å². The highest BCUT2D eigenvalue weighted by molar-refractivity contribution is 5.96. The molecule has 1 unspecified atom stereocenters. The molecule has 0 radical (unpaired) electrons. The average molecular weight is 360 g/mol. The Bertz CT molecular complexity index is 614. The van der Waals surface area contributed by atoms with Gasteiger partial charge in [0.05, 0.1) is 19.3 Å². The fourth-order valence-corrected chi connectivity index (χ4v) is 3.34. The Morgan fingerprint density at radius 2 is 1.96 bits per heavy atom. The van der Waals surface area contributed by atoms with E-state index in [4.69, 9.17) is 4.74 Å². The van der Waals surface area contributed by atoms with E-state index in [1.807, 2.05) is 31.2 Å². The number of anilines is 1. The van der Waals surface area contributed by atoms with Crippen LogP contribution in [0.4, 0.5) is 10.5 Å². The van der Waals surface area contributed by atoms with Gasteiger partial charge in [0.15, 0.2) is 0 Å². The van der Waals surface area contributed by atoms with Gasteiger partial charge in [0.25, 0.3) is 0 Å². The number of carbonyl (C=O) groups is 2. The van der Waals surface area contributed by atoms with Crippen LogP contribution >= 0.6 is 0 Å². The molecule has 1 aromatic rings. The molecule has 0 aromatic heterocycles. The number of nitrogens with zero attached hydrogens (tertiary/aromatic N) is 2. The molecule has 0 spiro atoms. The van der Waals surface area contributed by atoms with Crippen LogP contribution in [-0.4, -0.2) is 68.8 Å². The number of nitrogens with one attached hydrogen (secondary N) is 2. The molecule has 7 nitrogen and oxygen atoms in total. The Morgan fingerprint density at radius 3 is 2.69 bits per heavy atom. The van der Waals surface area contributed by atoms with Crippen molar-refractivity contribution in [3.63, 3.8) is 0 Å². The first kappa shape index (κ1) is 18.7. The Kier molecular flexibility index (Phi) is 6.46. The first-order valence-electron chi connectivity index (χ1n) is 9.33. The third-order valence-corrected chi connectivity index (χ3v) is 4.85. The number of hydrogen-bond donors (Lipinski definition) is 2. The summed E-state index contributed by atoms with van der Waals surface area (Å²) < 4.78 is 5.32. The predicted octanol–water partition coefficient (Wildman–Crippen LogP) is 1.12. The topological polar surface area (TPSA) is 73.9 Å². The van der Waals surface area contributed by atoms with Gasteiger partial charge in [-0.25, -0.2) is 4.79 Å². The standard InChI is InChI=1S/C19H28N4O3/c1-15-3-5-17(6-4-15)23-14-16(13-18(23)24)21-19(25)20-7-2-8-22-9-11-26-12-10-22/h3-6,16H,2,7-14H2,1H3,(H2,20,21,25). The lowest BCUT2D eigenvalue weighted by Crippen LogP contribution is -2.44. The minimum absolute atomic E-state index is 0.0477. The minimum Gasteiger partial charge on any atom is -0.379 e. The van der Waals surface area contributed by atoms with Crippen LogP contribution in [0.5, 0.6) is 0 Å². The SMILES string of the molecule is Cc1ccc(N2CC(NC(=O)NCCCN3CCOCC3)CC2=O)cc1. The van der Waals surface area contributed by atoms with Crippen molar-refractivity contribution in [1.82, 2.24) is 15.5 Å². The highest BCUT2D eigenvalue weighted by Crippen LogP contribution is 2.21. The van der Waals surface area contributed by atoms with E-state index >= 15 is 0 Å². The lowest BCUT2D eigenvalue weighted by atomic mass is 10.2. The van der Waals surface area contributed by atoms with Crippen LogP contribution in [0.1, 0.15) is 18.4 Å². The molecule has 2 fully saturated rings. The molecule has 1 aromatic carbocycles. The number of aryl methyl sites for hydroxylation is 1. The zero-order valence-corrected chi connectivity index (χ0v) is 15.4. The lowest BCUT2D eigenvalue weighted by molar-refractivity contribution is -0.117. The van der Waals surface area contributed by atoms with E-state index in [0.29, 0.717) is 19.5 Å². The predicted molar refractivity (Wildman–Crippen MR) is 100 cm³/mol. The maximum atomic E-state index is 12.2. The van der Waals surface area contributed by atoms with Crippen molar-refractivity contribution in [3.05, 3.63) is 29.8 Å². The monoisotopic (exact) mass is 360 g/mol. The van der Waals surface area contributed by atoms with E-state index in [0.717, 1.165) is 50.5 Å². The average Bonchev–Trinajstić information content (AvgIpc) is 3.00. The Hall–Kier alpha value is -2.12. The molecule has 2 aliphatic heterocycles. The molecule has 0 aliphatic carbocycles. The van der Waals surface area contributed by atoms with E-state index in [9.17, 15) is 9.59 Å². The van der Waals surface area contributed by atoms with Crippen LogP contribution < -0.4 is 15.5 Å². The maximum Gasteiger partial charge on any atom is 0.315 e. The van der Waals surface area contributed by atoms with Gasteiger partial charge in [-0.05, 0) is 32.0 Å². The number of hydrogen-bond acceptors (Lipinski definition) is 4. The third-order valence-electron chi connectivity index (χ3n) is 4.85. The Balaban J connectivity index is 1.36. The Morgan fingerprint density at radius 1 is 1.23 bits per heavy atom. The van der Waals surface area contributed by atoms with Gasteiger partial charge in [0, 0.05) is 38.3 Å². The van der Waals surface area contributed by atoms with Crippen molar-refractivity contribution in [3.8, 4) is 0 Å². The first-order chi connectivity index (χ1) is 12.6. The van der Waals surface area contributed by atoms with Gasteiger partial charge in [-0.3, -0.25) is 9.69 Å². The summed E-state index contributed by atoms with van der Waals surface area (Å²) >= 11 is 0. The van der Waals surface area contributed by atoms with E-state index in [1.54, 1.807) is 4.90 Å². The van der Waals surface area contributed by atoms with E-state index in [1.165, 1.54) is 0 Å². The number of ether oxygens (including phenoxy) is 1. The van der Waals surface area contributed by atoms with Crippen molar-refractivity contribution in [1.29, 1.82) is 0 Å². The zero-order valence-electron chi connectivity index (χ0n) is 15.4. The van der Waals surface area contributed by atoms with Crippen molar-refractivity contribution < 1.29 is 14.3 Å². The van der Waals surface area contributed by atoms with E-state index < -0.39 is 0 Å². The van der Waals surface area contributed by atoms with Gasteiger partial charge in [0.1, 0.15) is 0 Å². The number of carbonyl (C=O) groups excluding carboxylic acids is 2. The first-order valence-corrected chi connectivity index (χ1v) is 9.33. The van der Waals surface area contributed by atoms with Crippen LogP contribution in [0, 0.1) is 6.92 Å². The number of benzene rings is 1. The summed E-state index contributed by atoms with van der Waals surface area (Å²) in [7, 11) is 0. The van der Waals surface area contributed by atoms with Crippen LogP contribution in [0.15, 0.2) is 24.3 Å². The van der Waals surface area contributed by atoms with Gasteiger partial charge < -0.3 is 20.3 Å². The molecular weight excluding hydrogens is 332 g/mol. The molecular formula is C19H28N4O3. The Labute approximate surface area is 154 Å². The molecule has 2 saturated heterocycles. The highest BCUT2D eigenvalue weighted by Gasteiger charge is 2.31. The van der Waals surface area contributed by atoms with Gasteiger partial charge in [-0.15, -0.1) is 0 Å². The number of rotatable bonds is 6. The van der Waals surface area contributed by atoms with Crippen molar-refractivity contribution in [2.75, 3.05) is 50.8 Å². The normalized spacial score (nSPS) is 21.0. The van der Waals surface area contributed by atoms with Crippen LogP contribution in [0.25, 0.3) is 0 Å². The molecule has 3 rings (SSSR count). The van der Waals surface area contributed by atoms with Crippen molar-refractivity contribution in [2.24, 2.45) is 0 Å². The lowest BCUT2D eigenvalue weighted by Gasteiger charge is -2.26. The second kappa shape index (κ2) is 9.00. The fourth-order valence-electron chi connectivity index (χ4n) is 3.34. The van der Waals surface area contributed by atoms with Crippen molar-refractivity contribution >= 4 is 17.6 Å². The van der Waals surface area contributed by atoms with Crippen molar-refractivity contribution in [2.45, 2.75) is 25.8 Å². The second-order valence-corrected chi connectivity index (χ2v) is 6.95. The summed E-state index contributed by atoms with van der Waals surface area (Å²) in [6.45, 7) is 7.64. The van der Waals surface area contributed by atoms with E-state index in [2.05, 4.69) is 15.5 Å².